The van der Waals surface area contributed by atoms with Crippen LogP contribution in [0.1, 0.15) is 16.1 Å². The number of nitrogens with zero attached hydrogens (tertiary/aromatic N) is 1. The number of aromatic nitrogens is 1. The molecule has 7 heteroatoms. The summed E-state index contributed by atoms with van der Waals surface area (Å²) < 4.78 is 29.1. The molecule has 0 radical (unpaired) electrons. The Morgan fingerprint density at radius 1 is 1.22 bits per heavy atom. The van der Waals surface area contributed by atoms with Crippen molar-refractivity contribution in [3.63, 3.8) is 0 Å². The van der Waals surface area contributed by atoms with Gasteiger partial charge in [0.25, 0.3) is 0 Å². The summed E-state index contributed by atoms with van der Waals surface area (Å²) >= 11 is 0. The molecule has 0 saturated carbocycles. The van der Waals surface area contributed by atoms with Crippen LogP contribution in [0.5, 0.6) is 0 Å². The largest absolute Gasteiger partial charge is 0.478 e. The molecule has 0 aliphatic carbocycles. The number of hydrogen-bond acceptors (Lipinski definition) is 2. The molecule has 3 aromatic rings. The standard InChI is InChI=1S/C20H18F2N2O2.ClH/c1-12-19(13-2-5-15(21)6-3-13)17-10-14(20(25)26)4-7-18(17)24(12)11-16(22)8-9-23;/h2-8,10H,9,11,23H2,1H3,(H,25,26);1H. The Morgan fingerprint density at radius 2 is 1.89 bits per heavy atom. The number of hydrogen-bond donors (Lipinski definition) is 2. The van der Waals surface area contributed by atoms with Crippen LogP contribution in [0.2, 0.25) is 0 Å². The maximum absolute atomic E-state index is 14.1. The van der Waals surface area contributed by atoms with Gasteiger partial charge in [-0.2, -0.15) is 0 Å². The molecule has 3 N–H and O–H groups in total. The maximum atomic E-state index is 14.1. The van der Waals surface area contributed by atoms with Gasteiger partial charge in [0.1, 0.15) is 11.6 Å². The van der Waals surface area contributed by atoms with Crippen LogP contribution in [0.25, 0.3) is 22.0 Å². The van der Waals surface area contributed by atoms with E-state index in [1.54, 1.807) is 28.8 Å². The summed E-state index contributed by atoms with van der Waals surface area (Å²) in [5.41, 5.74) is 8.45. The van der Waals surface area contributed by atoms with Crippen molar-refractivity contribution in [2.45, 2.75) is 13.5 Å². The van der Waals surface area contributed by atoms with Gasteiger partial charge in [0.2, 0.25) is 0 Å². The van der Waals surface area contributed by atoms with Crippen LogP contribution in [0.4, 0.5) is 8.78 Å². The summed E-state index contributed by atoms with van der Waals surface area (Å²) in [6.45, 7) is 1.92. The first-order chi connectivity index (χ1) is 12.4. The van der Waals surface area contributed by atoms with Crippen molar-refractivity contribution < 1.29 is 18.7 Å². The van der Waals surface area contributed by atoms with Crippen LogP contribution in [-0.4, -0.2) is 22.2 Å². The molecule has 1 heterocycles. The van der Waals surface area contributed by atoms with E-state index in [9.17, 15) is 18.7 Å². The summed E-state index contributed by atoms with van der Waals surface area (Å²) in [4.78, 5) is 11.4. The minimum absolute atomic E-state index is 0. The number of rotatable bonds is 5. The molecule has 4 nitrogen and oxygen atoms in total. The number of carboxylic acids is 1. The molecular formula is C20H19ClF2N2O2. The Morgan fingerprint density at radius 3 is 2.48 bits per heavy atom. The molecule has 0 fully saturated rings. The monoisotopic (exact) mass is 392 g/mol. The summed E-state index contributed by atoms with van der Waals surface area (Å²) in [7, 11) is 0. The second-order valence-corrected chi connectivity index (χ2v) is 5.98. The second-order valence-electron chi connectivity index (χ2n) is 5.98. The van der Waals surface area contributed by atoms with E-state index in [0.717, 1.165) is 16.8 Å². The summed E-state index contributed by atoms with van der Waals surface area (Å²) in [6, 6.07) is 10.6. The van der Waals surface area contributed by atoms with Crippen LogP contribution in [0.3, 0.4) is 0 Å². The first-order valence-corrected chi connectivity index (χ1v) is 8.09. The van der Waals surface area contributed by atoms with Crippen molar-refractivity contribution >= 4 is 29.3 Å². The Labute approximate surface area is 161 Å². The molecule has 0 aliphatic heterocycles. The highest BCUT2D eigenvalue weighted by atomic mass is 35.5. The van der Waals surface area contributed by atoms with Crippen molar-refractivity contribution in [2.75, 3.05) is 6.54 Å². The van der Waals surface area contributed by atoms with Crippen molar-refractivity contribution in [1.29, 1.82) is 0 Å². The number of benzene rings is 2. The molecule has 0 saturated heterocycles. The number of carbonyl (C=O) groups is 1. The lowest BCUT2D eigenvalue weighted by Crippen LogP contribution is -2.03. The minimum Gasteiger partial charge on any atom is -0.478 e. The second kappa shape index (κ2) is 8.33. The van der Waals surface area contributed by atoms with Crippen LogP contribution < -0.4 is 5.73 Å². The van der Waals surface area contributed by atoms with Gasteiger partial charge >= 0.3 is 5.97 Å². The SMILES string of the molecule is Cc1c(-c2ccc(F)cc2)c2cc(C(=O)O)ccc2n1CC(F)=CCN.Cl. The quantitative estimate of drug-likeness (QED) is 0.662. The highest BCUT2D eigenvalue weighted by molar-refractivity contribution is 6.02. The Balaban J connectivity index is 0.00000261. The van der Waals surface area contributed by atoms with Gasteiger partial charge < -0.3 is 15.4 Å². The van der Waals surface area contributed by atoms with Gasteiger partial charge in [0, 0.05) is 28.7 Å². The van der Waals surface area contributed by atoms with Gasteiger partial charge in [-0.1, -0.05) is 12.1 Å². The predicted octanol–water partition coefficient (Wildman–Crippen LogP) is 4.69. The lowest BCUT2D eigenvalue weighted by atomic mass is 10.0. The van der Waals surface area contributed by atoms with Crippen molar-refractivity contribution in [3.05, 3.63) is 71.4 Å². The van der Waals surface area contributed by atoms with E-state index in [1.165, 1.54) is 24.3 Å². The van der Waals surface area contributed by atoms with E-state index in [0.29, 0.717) is 10.9 Å². The average molecular weight is 393 g/mol. The molecule has 3 rings (SSSR count). The average Bonchev–Trinajstić information content (AvgIpc) is 2.87. The van der Waals surface area contributed by atoms with E-state index in [4.69, 9.17) is 5.73 Å². The normalized spacial score (nSPS) is 11.5. The zero-order chi connectivity index (χ0) is 18.8. The van der Waals surface area contributed by atoms with Crippen molar-refractivity contribution in [3.8, 4) is 11.1 Å². The Bertz CT molecular complexity index is 1010. The van der Waals surface area contributed by atoms with E-state index in [2.05, 4.69) is 0 Å². The first kappa shape index (κ1) is 20.6. The van der Waals surface area contributed by atoms with Gasteiger partial charge in [0.15, 0.2) is 0 Å². The summed E-state index contributed by atoms with van der Waals surface area (Å²) in [6.07, 6.45) is 1.30. The van der Waals surface area contributed by atoms with E-state index in [1.807, 2.05) is 6.92 Å². The lowest BCUT2D eigenvalue weighted by molar-refractivity contribution is 0.0697. The highest BCUT2D eigenvalue weighted by Gasteiger charge is 2.18. The van der Waals surface area contributed by atoms with Crippen LogP contribution >= 0.6 is 12.4 Å². The van der Waals surface area contributed by atoms with Gasteiger partial charge in [0.05, 0.1) is 12.1 Å². The number of halogens is 3. The fourth-order valence-electron chi connectivity index (χ4n) is 3.14. The van der Waals surface area contributed by atoms with Gasteiger partial charge in [-0.05, 0) is 48.9 Å². The fourth-order valence-corrected chi connectivity index (χ4v) is 3.14. The number of fused-ring (bicyclic) bond motifs is 1. The predicted molar refractivity (Wildman–Crippen MR) is 105 cm³/mol. The van der Waals surface area contributed by atoms with Crippen LogP contribution in [-0.2, 0) is 6.54 Å². The molecule has 0 unspecified atom stereocenters. The van der Waals surface area contributed by atoms with E-state index < -0.39 is 5.97 Å². The zero-order valence-corrected chi connectivity index (χ0v) is 15.4. The Kier molecular flexibility index (Phi) is 6.36. The molecule has 1 aromatic heterocycles. The smallest absolute Gasteiger partial charge is 0.335 e. The third-order valence-corrected chi connectivity index (χ3v) is 4.35. The third-order valence-electron chi connectivity index (χ3n) is 4.35. The molecule has 142 valence electrons. The van der Waals surface area contributed by atoms with Crippen molar-refractivity contribution in [2.24, 2.45) is 5.73 Å². The number of nitrogens with two attached hydrogens (primary N) is 1. The van der Waals surface area contributed by atoms with E-state index in [-0.39, 0.29) is 42.7 Å². The molecule has 27 heavy (non-hydrogen) atoms. The van der Waals surface area contributed by atoms with Crippen LogP contribution in [0.15, 0.2) is 54.4 Å². The van der Waals surface area contributed by atoms with Gasteiger partial charge in [-0.25, -0.2) is 13.6 Å². The molecule has 0 bridgehead atoms. The minimum atomic E-state index is -1.04. The van der Waals surface area contributed by atoms with Crippen molar-refractivity contribution in [1.82, 2.24) is 4.57 Å². The molecule has 2 aromatic carbocycles. The molecule has 0 amide bonds. The third kappa shape index (κ3) is 4.02. The Hall–Kier alpha value is -2.70. The molecule has 0 atom stereocenters. The first-order valence-electron chi connectivity index (χ1n) is 8.09. The number of aromatic carboxylic acids is 1. The number of carboxylic acid groups (broad SMARTS) is 1. The summed E-state index contributed by atoms with van der Waals surface area (Å²) in [5.74, 6) is -1.78. The zero-order valence-electron chi connectivity index (χ0n) is 14.6. The molecular weight excluding hydrogens is 374 g/mol. The van der Waals surface area contributed by atoms with Crippen LogP contribution in [0, 0.1) is 12.7 Å². The van der Waals surface area contributed by atoms with E-state index >= 15 is 0 Å². The maximum Gasteiger partial charge on any atom is 0.335 e. The topological polar surface area (TPSA) is 68.2 Å². The highest BCUT2D eigenvalue weighted by Crippen LogP contribution is 2.36. The lowest BCUT2D eigenvalue weighted by Gasteiger charge is -2.08. The molecule has 0 aliphatic rings. The van der Waals surface area contributed by atoms with Gasteiger partial charge in [-0.3, -0.25) is 0 Å². The fraction of sp³-hybridized carbons (Fsp3) is 0.150. The molecule has 0 spiro atoms. The van der Waals surface area contributed by atoms with Gasteiger partial charge in [-0.15, -0.1) is 12.4 Å². The summed E-state index contributed by atoms with van der Waals surface area (Å²) in [5, 5.41) is 9.97. The number of allylic oxidation sites excluding steroid dienone is 1.